The number of furan rings is 2. The van der Waals surface area contributed by atoms with E-state index in [0.717, 1.165) is 82.8 Å². The maximum atomic E-state index is 6.67. The normalized spacial score (nSPS) is 11.6. The maximum Gasteiger partial charge on any atom is 0.143 e. The highest BCUT2D eigenvalue weighted by Gasteiger charge is 2.22. The standard InChI is InChI=1S/C52H33NO2/c1-3-12-34(13-4-1)38-30-39(35-14-5-2-6-15-35)32-40(31-38)36-22-25-41(26-23-36)53(42-27-29-45-44-18-9-10-20-48(44)54-50(45)33-42)47-19-11-21-49-51(47)46-28-24-37-16-7-8-17-43(37)52(46)55-49/h1-33H. The van der Waals surface area contributed by atoms with Crippen LogP contribution in [0.1, 0.15) is 0 Å². The smallest absolute Gasteiger partial charge is 0.143 e. The Morgan fingerprint density at radius 3 is 1.60 bits per heavy atom. The van der Waals surface area contributed by atoms with Gasteiger partial charge in [-0.3, -0.25) is 0 Å². The van der Waals surface area contributed by atoms with Crippen molar-refractivity contribution in [3.8, 4) is 33.4 Å². The number of rotatable bonds is 6. The van der Waals surface area contributed by atoms with E-state index in [4.69, 9.17) is 8.83 Å². The first-order chi connectivity index (χ1) is 27.2. The zero-order valence-corrected chi connectivity index (χ0v) is 29.8. The van der Waals surface area contributed by atoms with Crippen molar-refractivity contribution in [2.75, 3.05) is 4.90 Å². The Morgan fingerprint density at radius 1 is 0.309 bits per heavy atom. The Hall–Kier alpha value is -7.36. The number of nitrogens with zero attached hydrogens (tertiary/aromatic N) is 1. The Balaban J connectivity index is 1.10. The number of fused-ring (bicyclic) bond motifs is 8. The molecular formula is C52H33NO2. The first kappa shape index (κ1) is 31.2. The quantitative estimate of drug-likeness (QED) is 0.173. The van der Waals surface area contributed by atoms with Gasteiger partial charge < -0.3 is 13.7 Å². The number of hydrogen-bond acceptors (Lipinski definition) is 3. The Kier molecular flexibility index (Phi) is 7.17. The van der Waals surface area contributed by atoms with Crippen LogP contribution in [0.15, 0.2) is 209 Å². The molecule has 258 valence electrons. The van der Waals surface area contributed by atoms with Gasteiger partial charge in [-0.05, 0) is 105 Å². The van der Waals surface area contributed by atoms with E-state index in [0.29, 0.717) is 0 Å². The summed E-state index contributed by atoms with van der Waals surface area (Å²) in [6.45, 7) is 0. The Bertz CT molecular complexity index is 3140. The van der Waals surface area contributed by atoms with Crippen LogP contribution < -0.4 is 4.90 Å². The molecule has 2 heterocycles. The summed E-state index contributed by atoms with van der Waals surface area (Å²) in [5.74, 6) is 0. The molecule has 0 N–H and O–H groups in total. The van der Waals surface area contributed by atoms with Gasteiger partial charge in [-0.15, -0.1) is 0 Å². The van der Waals surface area contributed by atoms with Gasteiger partial charge in [-0.25, -0.2) is 0 Å². The molecule has 3 heteroatoms. The summed E-state index contributed by atoms with van der Waals surface area (Å²) in [5, 5.41) is 6.63. The van der Waals surface area contributed by atoms with Gasteiger partial charge in [0.15, 0.2) is 0 Å². The Labute approximate surface area is 317 Å². The summed E-state index contributed by atoms with van der Waals surface area (Å²) < 4.78 is 13.1. The van der Waals surface area contributed by atoms with Crippen molar-refractivity contribution >= 4 is 71.7 Å². The molecule has 2 aromatic heterocycles. The molecule has 0 amide bonds. The average molecular weight is 704 g/mol. The minimum Gasteiger partial charge on any atom is -0.456 e. The molecule has 3 nitrogen and oxygen atoms in total. The third-order valence-electron chi connectivity index (χ3n) is 10.8. The minimum absolute atomic E-state index is 0.849. The minimum atomic E-state index is 0.849. The Morgan fingerprint density at radius 2 is 0.873 bits per heavy atom. The molecule has 9 aromatic carbocycles. The molecule has 0 aliphatic heterocycles. The summed E-state index contributed by atoms with van der Waals surface area (Å²) in [6.07, 6.45) is 0. The summed E-state index contributed by atoms with van der Waals surface area (Å²) in [5.41, 5.74) is 13.6. The predicted octanol–water partition coefficient (Wildman–Crippen LogP) is 15.1. The van der Waals surface area contributed by atoms with Crippen LogP contribution >= 0.6 is 0 Å². The third-order valence-corrected chi connectivity index (χ3v) is 10.8. The van der Waals surface area contributed by atoms with Gasteiger partial charge in [0, 0.05) is 39.0 Å². The molecule has 0 bridgehead atoms. The van der Waals surface area contributed by atoms with E-state index in [-0.39, 0.29) is 0 Å². The highest BCUT2D eigenvalue weighted by Crippen LogP contribution is 2.46. The molecule has 0 fully saturated rings. The monoisotopic (exact) mass is 703 g/mol. The van der Waals surface area contributed by atoms with Crippen LogP contribution in [-0.2, 0) is 0 Å². The lowest BCUT2D eigenvalue weighted by Crippen LogP contribution is -2.10. The van der Waals surface area contributed by atoms with Crippen molar-refractivity contribution < 1.29 is 8.83 Å². The van der Waals surface area contributed by atoms with Crippen LogP contribution in [0.3, 0.4) is 0 Å². The number of benzene rings is 9. The average Bonchev–Trinajstić information content (AvgIpc) is 3.83. The highest BCUT2D eigenvalue weighted by atomic mass is 16.3. The molecule has 0 atom stereocenters. The summed E-state index contributed by atoms with van der Waals surface area (Å²) >= 11 is 0. The van der Waals surface area contributed by atoms with E-state index in [2.05, 4.69) is 193 Å². The van der Waals surface area contributed by atoms with Crippen molar-refractivity contribution in [2.45, 2.75) is 0 Å². The van der Waals surface area contributed by atoms with Gasteiger partial charge in [0.1, 0.15) is 22.3 Å². The van der Waals surface area contributed by atoms with E-state index in [9.17, 15) is 0 Å². The molecule has 11 aromatic rings. The first-order valence-electron chi connectivity index (χ1n) is 18.7. The molecular weight excluding hydrogens is 671 g/mol. The van der Waals surface area contributed by atoms with Gasteiger partial charge in [0.05, 0.1) is 11.1 Å². The predicted molar refractivity (Wildman–Crippen MR) is 229 cm³/mol. The fourth-order valence-corrected chi connectivity index (χ4v) is 8.19. The lowest BCUT2D eigenvalue weighted by atomic mass is 9.93. The zero-order chi connectivity index (χ0) is 36.3. The van der Waals surface area contributed by atoms with Crippen molar-refractivity contribution in [1.82, 2.24) is 0 Å². The van der Waals surface area contributed by atoms with Crippen LogP contribution in [0, 0.1) is 0 Å². The second-order valence-electron chi connectivity index (χ2n) is 14.1. The zero-order valence-electron chi connectivity index (χ0n) is 29.8. The van der Waals surface area contributed by atoms with Crippen LogP contribution in [0.2, 0.25) is 0 Å². The summed E-state index contributed by atoms with van der Waals surface area (Å²) in [4.78, 5) is 2.33. The van der Waals surface area contributed by atoms with E-state index < -0.39 is 0 Å². The van der Waals surface area contributed by atoms with Crippen molar-refractivity contribution in [3.63, 3.8) is 0 Å². The van der Waals surface area contributed by atoms with Gasteiger partial charge in [-0.2, -0.15) is 0 Å². The van der Waals surface area contributed by atoms with Gasteiger partial charge in [0.2, 0.25) is 0 Å². The fraction of sp³-hybridized carbons (Fsp3) is 0. The summed E-state index contributed by atoms with van der Waals surface area (Å²) in [7, 11) is 0. The second-order valence-corrected chi connectivity index (χ2v) is 14.1. The topological polar surface area (TPSA) is 29.5 Å². The molecule has 0 aliphatic carbocycles. The molecule has 55 heavy (non-hydrogen) atoms. The first-order valence-corrected chi connectivity index (χ1v) is 18.7. The molecule has 11 rings (SSSR count). The largest absolute Gasteiger partial charge is 0.456 e. The third kappa shape index (κ3) is 5.28. The number of para-hydroxylation sites is 1. The second kappa shape index (κ2) is 12.6. The lowest BCUT2D eigenvalue weighted by Gasteiger charge is -2.26. The number of hydrogen-bond donors (Lipinski definition) is 0. The lowest BCUT2D eigenvalue weighted by molar-refractivity contribution is 0.669. The van der Waals surface area contributed by atoms with Crippen LogP contribution in [0.25, 0.3) is 88.0 Å². The van der Waals surface area contributed by atoms with E-state index in [1.165, 1.54) is 22.3 Å². The van der Waals surface area contributed by atoms with Crippen LogP contribution in [-0.4, -0.2) is 0 Å². The van der Waals surface area contributed by atoms with Gasteiger partial charge in [-0.1, -0.05) is 127 Å². The molecule has 0 radical (unpaired) electrons. The fourth-order valence-electron chi connectivity index (χ4n) is 8.19. The van der Waals surface area contributed by atoms with E-state index in [1.807, 2.05) is 12.1 Å². The molecule has 0 spiro atoms. The molecule has 0 saturated heterocycles. The van der Waals surface area contributed by atoms with E-state index >= 15 is 0 Å². The van der Waals surface area contributed by atoms with Crippen molar-refractivity contribution in [2.24, 2.45) is 0 Å². The van der Waals surface area contributed by atoms with Gasteiger partial charge in [0.25, 0.3) is 0 Å². The molecule has 0 aliphatic rings. The van der Waals surface area contributed by atoms with Crippen molar-refractivity contribution in [3.05, 3.63) is 200 Å². The number of anilines is 3. The SMILES string of the molecule is c1ccc(-c2cc(-c3ccccc3)cc(-c3ccc(N(c4ccc5c(c4)oc4ccccc45)c4cccc5oc6c7ccccc7ccc6c45)cc3)c2)cc1. The van der Waals surface area contributed by atoms with Crippen molar-refractivity contribution in [1.29, 1.82) is 0 Å². The van der Waals surface area contributed by atoms with Gasteiger partial charge >= 0.3 is 0 Å². The molecule has 0 saturated carbocycles. The highest BCUT2D eigenvalue weighted by molar-refractivity contribution is 6.19. The molecule has 0 unspecified atom stereocenters. The van der Waals surface area contributed by atoms with Crippen LogP contribution in [0.4, 0.5) is 17.1 Å². The van der Waals surface area contributed by atoms with E-state index in [1.54, 1.807) is 0 Å². The van der Waals surface area contributed by atoms with Crippen LogP contribution in [0.5, 0.6) is 0 Å². The summed E-state index contributed by atoms with van der Waals surface area (Å²) in [6, 6.07) is 71.0. The maximum absolute atomic E-state index is 6.67.